The first-order chi connectivity index (χ1) is 9.06. The van der Waals surface area contributed by atoms with Crippen LogP contribution in [0.15, 0.2) is 0 Å². The highest BCUT2D eigenvalue weighted by atomic mass is 16.2. The van der Waals surface area contributed by atoms with Crippen molar-refractivity contribution in [3.05, 3.63) is 0 Å². The van der Waals surface area contributed by atoms with Crippen LogP contribution in [-0.4, -0.2) is 61.0 Å². The van der Waals surface area contributed by atoms with Gasteiger partial charge >= 0.3 is 0 Å². The van der Waals surface area contributed by atoms with Crippen LogP contribution in [0.2, 0.25) is 0 Å². The Morgan fingerprint density at radius 2 is 2.00 bits per heavy atom. The van der Waals surface area contributed by atoms with Crippen LogP contribution in [0.5, 0.6) is 0 Å². The molecule has 1 aliphatic rings. The molecule has 0 spiro atoms. The molecule has 108 valence electrons. The number of amides is 1. The molecular formula is C14H26N4O. The van der Waals surface area contributed by atoms with Crippen LogP contribution in [0.3, 0.4) is 0 Å². The Morgan fingerprint density at radius 1 is 1.37 bits per heavy atom. The average molecular weight is 266 g/mol. The van der Waals surface area contributed by atoms with Gasteiger partial charge in [-0.25, -0.2) is 0 Å². The Labute approximate surface area is 116 Å². The fourth-order valence-corrected chi connectivity index (χ4v) is 2.41. The van der Waals surface area contributed by atoms with Crippen LogP contribution in [0, 0.1) is 17.2 Å². The quantitative estimate of drug-likeness (QED) is 0.768. The van der Waals surface area contributed by atoms with Crippen LogP contribution in [0.25, 0.3) is 0 Å². The molecule has 1 saturated heterocycles. The third-order valence-corrected chi connectivity index (χ3v) is 3.45. The summed E-state index contributed by atoms with van der Waals surface area (Å²) in [5.74, 6) is 0.587. The van der Waals surface area contributed by atoms with E-state index in [0.717, 1.165) is 32.7 Å². The highest BCUT2D eigenvalue weighted by Crippen LogP contribution is 2.08. The van der Waals surface area contributed by atoms with E-state index in [1.54, 1.807) is 0 Å². The van der Waals surface area contributed by atoms with E-state index in [-0.39, 0.29) is 11.9 Å². The SMILES string of the molecule is CC(C)CN(CCC#N)C(=O)C(C)N1CCNCC1. The fourth-order valence-electron chi connectivity index (χ4n) is 2.41. The monoisotopic (exact) mass is 266 g/mol. The molecule has 19 heavy (non-hydrogen) atoms. The Balaban J connectivity index is 2.60. The van der Waals surface area contributed by atoms with Crippen LogP contribution >= 0.6 is 0 Å². The molecule has 0 aromatic rings. The van der Waals surface area contributed by atoms with Crippen LogP contribution < -0.4 is 5.32 Å². The van der Waals surface area contributed by atoms with Crippen molar-refractivity contribution in [2.24, 2.45) is 5.92 Å². The molecule has 1 amide bonds. The number of nitriles is 1. The van der Waals surface area contributed by atoms with E-state index in [4.69, 9.17) is 5.26 Å². The number of carbonyl (C=O) groups excluding carboxylic acids is 1. The molecule has 1 unspecified atom stereocenters. The van der Waals surface area contributed by atoms with E-state index in [2.05, 4.69) is 30.1 Å². The first-order valence-corrected chi connectivity index (χ1v) is 7.16. The first-order valence-electron chi connectivity index (χ1n) is 7.16. The van der Waals surface area contributed by atoms with Gasteiger partial charge in [-0.15, -0.1) is 0 Å². The molecule has 0 saturated carbocycles. The summed E-state index contributed by atoms with van der Waals surface area (Å²) in [4.78, 5) is 16.6. The second kappa shape index (κ2) is 8.13. The second-order valence-electron chi connectivity index (χ2n) is 5.55. The lowest BCUT2D eigenvalue weighted by Crippen LogP contribution is -2.54. The van der Waals surface area contributed by atoms with E-state index in [1.165, 1.54) is 0 Å². The molecule has 1 heterocycles. The van der Waals surface area contributed by atoms with Crippen molar-refractivity contribution in [1.82, 2.24) is 15.1 Å². The predicted molar refractivity (Wildman–Crippen MR) is 75.6 cm³/mol. The maximum Gasteiger partial charge on any atom is 0.239 e. The van der Waals surface area contributed by atoms with Gasteiger partial charge in [0.2, 0.25) is 5.91 Å². The normalized spacial score (nSPS) is 18.1. The zero-order valence-electron chi connectivity index (χ0n) is 12.4. The molecule has 1 N–H and O–H groups in total. The smallest absolute Gasteiger partial charge is 0.239 e. The van der Waals surface area contributed by atoms with Gasteiger partial charge in [0.15, 0.2) is 0 Å². The molecule has 0 radical (unpaired) electrons. The van der Waals surface area contributed by atoms with E-state index in [9.17, 15) is 4.79 Å². The maximum absolute atomic E-state index is 12.5. The summed E-state index contributed by atoms with van der Waals surface area (Å²) in [6, 6.07) is 2.04. The summed E-state index contributed by atoms with van der Waals surface area (Å²) in [6.07, 6.45) is 0.409. The van der Waals surface area contributed by atoms with Crippen LogP contribution in [0.1, 0.15) is 27.2 Å². The van der Waals surface area contributed by atoms with Gasteiger partial charge in [-0.1, -0.05) is 13.8 Å². The predicted octanol–water partition coefficient (Wildman–Crippen LogP) is 0.678. The van der Waals surface area contributed by atoms with Crippen molar-refractivity contribution in [3.8, 4) is 6.07 Å². The summed E-state index contributed by atoms with van der Waals surface area (Å²) in [7, 11) is 0. The van der Waals surface area contributed by atoms with Crippen molar-refractivity contribution in [2.75, 3.05) is 39.3 Å². The maximum atomic E-state index is 12.5. The summed E-state index contributed by atoms with van der Waals surface area (Å²) >= 11 is 0. The number of nitrogens with zero attached hydrogens (tertiary/aromatic N) is 3. The van der Waals surface area contributed by atoms with Gasteiger partial charge in [-0.2, -0.15) is 5.26 Å². The molecule has 5 heteroatoms. The summed E-state index contributed by atoms with van der Waals surface area (Å²) in [5, 5.41) is 12.0. The molecule has 1 aliphatic heterocycles. The van der Waals surface area contributed by atoms with Gasteiger partial charge in [0, 0.05) is 39.3 Å². The lowest BCUT2D eigenvalue weighted by atomic mass is 10.1. The number of hydrogen-bond donors (Lipinski definition) is 1. The van der Waals surface area contributed by atoms with Gasteiger partial charge < -0.3 is 10.2 Å². The van der Waals surface area contributed by atoms with Gasteiger partial charge in [0.1, 0.15) is 0 Å². The molecule has 0 aliphatic carbocycles. The Kier molecular flexibility index (Phi) is 6.82. The molecule has 1 rings (SSSR count). The van der Waals surface area contributed by atoms with Gasteiger partial charge in [-0.05, 0) is 12.8 Å². The lowest BCUT2D eigenvalue weighted by molar-refractivity contribution is -0.137. The van der Waals surface area contributed by atoms with E-state index >= 15 is 0 Å². The number of piperazine rings is 1. The minimum Gasteiger partial charge on any atom is -0.340 e. The third kappa shape index (κ3) is 5.17. The Morgan fingerprint density at radius 3 is 2.53 bits per heavy atom. The molecule has 1 atom stereocenters. The molecule has 0 aromatic carbocycles. The summed E-state index contributed by atoms with van der Waals surface area (Å²) in [6.45, 7) is 11.2. The minimum absolute atomic E-state index is 0.0838. The minimum atomic E-state index is -0.0838. The van der Waals surface area contributed by atoms with Crippen molar-refractivity contribution in [1.29, 1.82) is 5.26 Å². The average Bonchev–Trinajstić information content (AvgIpc) is 2.42. The zero-order chi connectivity index (χ0) is 14.3. The highest BCUT2D eigenvalue weighted by molar-refractivity contribution is 5.81. The topological polar surface area (TPSA) is 59.4 Å². The summed E-state index contributed by atoms with van der Waals surface area (Å²) < 4.78 is 0. The van der Waals surface area contributed by atoms with Crippen molar-refractivity contribution >= 4 is 5.91 Å². The highest BCUT2D eigenvalue weighted by Gasteiger charge is 2.26. The Hall–Kier alpha value is -1.12. The number of nitrogens with one attached hydrogen (secondary N) is 1. The van der Waals surface area contributed by atoms with Gasteiger partial charge in [-0.3, -0.25) is 9.69 Å². The largest absolute Gasteiger partial charge is 0.340 e. The number of carbonyl (C=O) groups is 1. The third-order valence-electron chi connectivity index (χ3n) is 3.45. The second-order valence-corrected chi connectivity index (χ2v) is 5.55. The van der Waals surface area contributed by atoms with E-state index in [0.29, 0.717) is 18.9 Å². The first kappa shape index (κ1) is 15.9. The molecule has 5 nitrogen and oxygen atoms in total. The standard InChI is InChI=1S/C14H26N4O/c1-12(2)11-18(8-4-5-15)14(19)13(3)17-9-6-16-7-10-17/h12-13,16H,4,6-11H2,1-3H3. The molecule has 0 bridgehead atoms. The molecule has 1 fully saturated rings. The number of hydrogen-bond acceptors (Lipinski definition) is 4. The summed E-state index contributed by atoms with van der Waals surface area (Å²) in [5.41, 5.74) is 0. The lowest BCUT2D eigenvalue weighted by Gasteiger charge is -2.35. The van der Waals surface area contributed by atoms with Crippen LogP contribution in [-0.2, 0) is 4.79 Å². The molecular weight excluding hydrogens is 240 g/mol. The molecule has 0 aromatic heterocycles. The van der Waals surface area contributed by atoms with Gasteiger partial charge in [0.05, 0.1) is 18.5 Å². The van der Waals surface area contributed by atoms with Crippen molar-refractivity contribution < 1.29 is 4.79 Å². The number of rotatable bonds is 6. The fraction of sp³-hybridized carbons (Fsp3) is 0.857. The zero-order valence-corrected chi connectivity index (χ0v) is 12.4. The van der Waals surface area contributed by atoms with Crippen molar-refractivity contribution in [2.45, 2.75) is 33.2 Å². The van der Waals surface area contributed by atoms with Crippen LogP contribution in [0.4, 0.5) is 0 Å². The van der Waals surface area contributed by atoms with E-state index in [1.807, 2.05) is 11.8 Å². The van der Waals surface area contributed by atoms with Gasteiger partial charge in [0.25, 0.3) is 0 Å². The Bertz CT molecular complexity index is 318. The van der Waals surface area contributed by atoms with E-state index < -0.39 is 0 Å². The van der Waals surface area contributed by atoms with Crippen molar-refractivity contribution in [3.63, 3.8) is 0 Å².